The van der Waals surface area contributed by atoms with Gasteiger partial charge in [-0.15, -0.1) is 11.8 Å². The normalized spacial score (nSPS) is 14.6. The maximum absolute atomic E-state index is 14.0. The van der Waals surface area contributed by atoms with E-state index in [9.17, 15) is 4.79 Å². The Morgan fingerprint density at radius 1 is 0.977 bits per heavy atom. The first-order valence-corrected chi connectivity index (χ1v) is 16.3. The topological polar surface area (TPSA) is 56.1 Å². The molecule has 8 heteroatoms. The van der Waals surface area contributed by atoms with Gasteiger partial charge in [0.25, 0.3) is 5.91 Å². The Bertz CT molecular complexity index is 1870. The van der Waals surface area contributed by atoms with E-state index >= 15 is 0 Å². The maximum atomic E-state index is 14.0. The van der Waals surface area contributed by atoms with Crippen LogP contribution in [0.4, 0.5) is 0 Å². The van der Waals surface area contributed by atoms with Crippen molar-refractivity contribution in [2.75, 3.05) is 20.0 Å². The summed E-state index contributed by atoms with van der Waals surface area (Å²) >= 11 is 5.07. The van der Waals surface area contributed by atoms with Crippen molar-refractivity contribution in [2.45, 2.75) is 37.8 Å². The first kappa shape index (κ1) is 30.0. The van der Waals surface area contributed by atoms with Crippen LogP contribution in [0.5, 0.6) is 11.5 Å². The zero-order chi connectivity index (χ0) is 30.8. The van der Waals surface area contributed by atoms with E-state index in [2.05, 4.69) is 83.0 Å². The van der Waals surface area contributed by atoms with Crippen LogP contribution in [0, 0.1) is 13.8 Å². The number of aryl methyl sites for hydroxylation is 2. The molecule has 44 heavy (non-hydrogen) atoms. The molecule has 0 radical (unpaired) electrons. The van der Waals surface area contributed by atoms with Crippen LogP contribution in [-0.4, -0.2) is 41.2 Å². The van der Waals surface area contributed by atoms with E-state index in [1.54, 1.807) is 31.0 Å². The lowest BCUT2D eigenvalue weighted by Crippen LogP contribution is -2.28. The molecule has 0 fully saturated rings. The summed E-state index contributed by atoms with van der Waals surface area (Å²) in [6.07, 6.45) is 2.74. The Labute approximate surface area is 270 Å². The number of benzene rings is 4. The molecule has 224 valence electrons. The molecule has 1 atom stereocenters. The SMILES string of the molecule is COc1cccc([C@@H]2CC(c3ccc(Br)cc3)=NN2C(=O)CSc2cn(Cc3cc(C)ccc3C)c3ccccc23)c1OC. The minimum atomic E-state index is -0.322. The number of aromatic nitrogens is 1. The largest absolute Gasteiger partial charge is 0.493 e. The van der Waals surface area contributed by atoms with Crippen LogP contribution in [0.2, 0.25) is 0 Å². The molecule has 0 aliphatic carbocycles. The highest BCUT2D eigenvalue weighted by molar-refractivity contribution is 9.10. The van der Waals surface area contributed by atoms with Crippen LogP contribution >= 0.6 is 27.7 Å². The smallest absolute Gasteiger partial charge is 0.253 e. The number of carbonyl (C=O) groups is 1. The number of thioether (sulfide) groups is 1. The van der Waals surface area contributed by atoms with Gasteiger partial charge in [-0.2, -0.15) is 5.10 Å². The Morgan fingerprint density at radius 2 is 1.77 bits per heavy atom. The molecule has 2 heterocycles. The van der Waals surface area contributed by atoms with Crippen molar-refractivity contribution in [2.24, 2.45) is 5.10 Å². The molecule has 0 saturated carbocycles. The predicted molar refractivity (Wildman–Crippen MR) is 182 cm³/mol. The van der Waals surface area contributed by atoms with Crippen LogP contribution in [0.1, 0.15) is 40.3 Å². The lowest BCUT2D eigenvalue weighted by molar-refractivity contribution is -0.130. The molecule has 0 spiro atoms. The van der Waals surface area contributed by atoms with Gasteiger partial charge in [0.05, 0.1) is 31.7 Å². The highest BCUT2D eigenvalue weighted by atomic mass is 79.9. The number of rotatable bonds is 9. The Kier molecular flexibility index (Phi) is 8.82. The van der Waals surface area contributed by atoms with Gasteiger partial charge in [0.1, 0.15) is 0 Å². The van der Waals surface area contributed by atoms with Crippen molar-refractivity contribution < 1.29 is 14.3 Å². The predicted octanol–water partition coefficient (Wildman–Crippen LogP) is 8.56. The lowest BCUT2D eigenvalue weighted by Gasteiger charge is -2.24. The first-order chi connectivity index (χ1) is 21.4. The van der Waals surface area contributed by atoms with Crippen molar-refractivity contribution >= 4 is 50.2 Å². The lowest BCUT2D eigenvalue weighted by atomic mass is 9.97. The molecular weight excluding hydrogens is 634 g/mol. The van der Waals surface area contributed by atoms with E-state index in [4.69, 9.17) is 14.6 Å². The molecular formula is C36H34BrN3O3S. The van der Waals surface area contributed by atoms with Gasteiger partial charge in [0, 0.05) is 45.0 Å². The van der Waals surface area contributed by atoms with Gasteiger partial charge in [-0.25, -0.2) is 5.01 Å². The zero-order valence-corrected chi connectivity index (χ0v) is 27.6. The number of nitrogens with zero attached hydrogens (tertiary/aromatic N) is 3. The van der Waals surface area contributed by atoms with Crippen LogP contribution < -0.4 is 9.47 Å². The minimum Gasteiger partial charge on any atom is -0.493 e. The fraction of sp³-hybridized carbons (Fsp3) is 0.222. The molecule has 5 aromatic rings. The number of amides is 1. The molecule has 0 bridgehead atoms. The molecule has 4 aromatic carbocycles. The van der Waals surface area contributed by atoms with E-state index in [0.29, 0.717) is 17.9 Å². The number of para-hydroxylation sites is 2. The summed E-state index contributed by atoms with van der Waals surface area (Å²) in [7, 11) is 3.25. The molecule has 1 aliphatic heterocycles. The monoisotopic (exact) mass is 667 g/mol. The summed E-state index contributed by atoms with van der Waals surface area (Å²) in [4.78, 5) is 15.1. The van der Waals surface area contributed by atoms with E-state index < -0.39 is 0 Å². The molecule has 1 amide bonds. The molecule has 6 rings (SSSR count). The molecule has 0 saturated heterocycles. The van der Waals surface area contributed by atoms with E-state index in [-0.39, 0.29) is 17.7 Å². The van der Waals surface area contributed by atoms with Gasteiger partial charge in [0.2, 0.25) is 0 Å². The molecule has 1 aliphatic rings. The van der Waals surface area contributed by atoms with E-state index in [0.717, 1.165) is 43.7 Å². The van der Waals surface area contributed by atoms with Crippen LogP contribution in [0.3, 0.4) is 0 Å². The molecule has 0 N–H and O–H groups in total. The van der Waals surface area contributed by atoms with Crippen molar-refractivity contribution in [3.05, 3.63) is 123 Å². The van der Waals surface area contributed by atoms with Gasteiger partial charge < -0.3 is 14.0 Å². The number of hydrazone groups is 1. The third-order valence-electron chi connectivity index (χ3n) is 8.08. The zero-order valence-electron chi connectivity index (χ0n) is 25.2. The van der Waals surface area contributed by atoms with Crippen molar-refractivity contribution in [3.8, 4) is 11.5 Å². The van der Waals surface area contributed by atoms with Crippen LogP contribution in [0.25, 0.3) is 10.9 Å². The second-order valence-electron chi connectivity index (χ2n) is 11.0. The Balaban J connectivity index is 1.30. The highest BCUT2D eigenvalue weighted by Gasteiger charge is 2.35. The molecule has 6 nitrogen and oxygen atoms in total. The summed E-state index contributed by atoms with van der Waals surface area (Å²) in [6.45, 7) is 5.05. The fourth-order valence-electron chi connectivity index (χ4n) is 5.79. The first-order valence-electron chi connectivity index (χ1n) is 14.5. The summed E-state index contributed by atoms with van der Waals surface area (Å²) in [5.41, 5.74) is 7.67. The number of hydrogen-bond acceptors (Lipinski definition) is 5. The van der Waals surface area contributed by atoms with E-state index in [1.807, 2.05) is 42.5 Å². The Morgan fingerprint density at radius 3 is 2.55 bits per heavy atom. The maximum Gasteiger partial charge on any atom is 0.253 e. The Hall–Kier alpha value is -4.01. The summed E-state index contributed by atoms with van der Waals surface area (Å²) in [5, 5.41) is 7.68. The highest BCUT2D eigenvalue weighted by Crippen LogP contribution is 2.42. The summed E-state index contributed by atoms with van der Waals surface area (Å²) in [6, 6.07) is 28.5. The third-order valence-corrected chi connectivity index (χ3v) is 9.64. The standard InChI is InChI=1S/C36H34BrN3O3S/c1-23-12-13-24(2)26(18-23)20-39-21-34(28-8-5-6-10-31(28)39)44-22-35(41)40-32(29-9-7-11-33(42-3)36(29)43-4)19-30(38-40)25-14-16-27(37)17-15-25/h5-18,21,32H,19-20,22H2,1-4H3/t32-/m0/s1. The molecule has 0 unspecified atom stereocenters. The average Bonchev–Trinajstić information content (AvgIpc) is 3.64. The van der Waals surface area contributed by atoms with Gasteiger partial charge in [0.15, 0.2) is 11.5 Å². The number of fused-ring (bicyclic) bond motifs is 1. The van der Waals surface area contributed by atoms with Crippen molar-refractivity contribution in [3.63, 3.8) is 0 Å². The second kappa shape index (κ2) is 12.9. The number of hydrogen-bond donors (Lipinski definition) is 0. The number of ether oxygens (including phenoxy) is 2. The quantitative estimate of drug-likeness (QED) is 0.148. The number of methoxy groups -OCH3 is 2. The van der Waals surface area contributed by atoms with Crippen LogP contribution in [0.15, 0.2) is 106 Å². The fourth-order valence-corrected chi connectivity index (χ4v) is 7.00. The number of carbonyl (C=O) groups excluding carboxylic acids is 1. The molecule has 1 aromatic heterocycles. The van der Waals surface area contributed by atoms with E-state index in [1.165, 1.54) is 16.7 Å². The van der Waals surface area contributed by atoms with Gasteiger partial charge in [-0.1, -0.05) is 82.2 Å². The summed E-state index contributed by atoms with van der Waals surface area (Å²) < 4.78 is 14.6. The summed E-state index contributed by atoms with van der Waals surface area (Å²) in [5.74, 6) is 1.42. The third kappa shape index (κ3) is 6.01. The van der Waals surface area contributed by atoms with Gasteiger partial charge >= 0.3 is 0 Å². The minimum absolute atomic E-state index is 0.0663. The van der Waals surface area contributed by atoms with Gasteiger partial charge in [-0.05, 0) is 54.8 Å². The number of halogens is 1. The van der Waals surface area contributed by atoms with Gasteiger partial charge in [-0.3, -0.25) is 4.79 Å². The van der Waals surface area contributed by atoms with Crippen molar-refractivity contribution in [1.82, 2.24) is 9.58 Å². The van der Waals surface area contributed by atoms with Crippen LogP contribution in [-0.2, 0) is 11.3 Å². The average molecular weight is 669 g/mol. The second-order valence-corrected chi connectivity index (χ2v) is 12.9. The van der Waals surface area contributed by atoms with Crippen molar-refractivity contribution in [1.29, 1.82) is 0 Å².